The van der Waals surface area contributed by atoms with E-state index in [1.807, 2.05) is 6.92 Å². The quantitative estimate of drug-likeness (QED) is 0.706. The number of ether oxygens (including phenoxy) is 1. The molecule has 1 fully saturated rings. The average Bonchev–Trinajstić information content (AvgIpc) is 2.30. The summed E-state index contributed by atoms with van der Waals surface area (Å²) in [5.74, 6) is 0. The Morgan fingerprint density at radius 3 is 2.62 bits per heavy atom. The lowest BCUT2D eigenvalue weighted by atomic mass is 10.2. The summed E-state index contributed by atoms with van der Waals surface area (Å²) in [6.45, 7) is 3.52. The molecule has 1 atom stereocenters. The molecule has 6 heteroatoms. The van der Waals surface area contributed by atoms with Gasteiger partial charge in [-0.1, -0.05) is 6.92 Å². The van der Waals surface area contributed by atoms with Gasteiger partial charge in [-0.2, -0.15) is 0 Å². The minimum absolute atomic E-state index is 0.0809. The van der Waals surface area contributed by atoms with E-state index < -0.39 is 10.0 Å². The maximum atomic E-state index is 11.8. The van der Waals surface area contributed by atoms with Crippen molar-refractivity contribution in [2.24, 2.45) is 5.73 Å². The summed E-state index contributed by atoms with van der Waals surface area (Å²) in [6, 6.07) is 0.0809. The normalized spacial score (nSPS) is 20.9. The Morgan fingerprint density at radius 1 is 1.44 bits per heavy atom. The van der Waals surface area contributed by atoms with Crippen LogP contribution in [0.5, 0.6) is 0 Å². The standard InChI is InChI=1S/C10H22N2O3S/c1-2-9(11)3-6-12-16(13,14)10-4-7-15-8-5-10/h9-10,12H,2-8,11H2,1H3. The first-order valence-electron chi connectivity index (χ1n) is 5.88. The van der Waals surface area contributed by atoms with E-state index in [0.29, 0.717) is 39.0 Å². The smallest absolute Gasteiger partial charge is 0.214 e. The molecule has 1 aliphatic heterocycles. The lowest BCUT2D eigenvalue weighted by Gasteiger charge is -2.22. The minimum Gasteiger partial charge on any atom is -0.381 e. The van der Waals surface area contributed by atoms with Gasteiger partial charge in [0.15, 0.2) is 0 Å². The second-order valence-corrected chi connectivity index (χ2v) is 6.25. The van der Waals surface area contributed by atoms with E-state index in [9.17, 15) is 8.42 Å². The molecular weight excluding hydrogens is 228 g/mol. The van der Waals surface area contributed by atoms with Crippen LogP contribution in [-0.4, -0.2) is 39.5 Å². The second kappa shape index (κ2) is 6.54. The summed E-state index contributed by atoms with van der Waals surface area (Å²) in [5.41, 5.74) is 5.73. The zero-order valence-electron chi connectivity index (χ0n) is 9.81. The molecule has 1 saturated heterocycles. The predicted octanol–water partition coefficient (Wildman–Crippen LogP) is 0.212. The van der Waals surface area contributed by atoms with Crippen molar-refractivity contribution < 1.29 is 13.2 Å². The molecule has 0 spiro atoms. The fraction of sp³-hybridized carbons (Fsp3) is 1.00. The topological polar surface area (TPSA) is 81.4 Å². The Bertz CT molecular complexity index is 286. The van der Waals surface area contributed by atoms with Crippen LogP contribution >= 0.6 is 0 Å². The third-order valence-electron chi connectivity index (χ3n) is 2.95. The highest BCUT2D eigenvalue weighted by molar-refractivity contribution is 7.90. The van der Waals surface area contributed by atoms with Crippen molar-refractivity contribution in [3.63, 3.8) is 0 Å². The molecule has 0 aromatic carbocycles. The Balaban J connectivity index is 2.33. The van der Waals surface area contributed by atoms with E-state index in [4.69, 9.17) is 10.5 Å². The SMILES string of the molecule is CCC(N)CCNS(=O)(=O)C1CCOCC1. The Morgan fingerprint density at radius 2 is 2.06 bits per heavy atom. The third kappa shape index (κ3) is 4.37. The van der Waals surface area contributed by atoms with Gasteiger partial charge in [0.1, 0.15) is 0 Å². The van der Waals surface area contributed by atoms with E-state index in [-0.39, 0.29) is 11.3 Å². The molecule has 0 aromatic heterocycles. The van der Waals surface area contributed by atoms with E-state index >= 15 is 0 Å². The van der Waals surface area contributed by atoms with Crippen molar-refractivity contribution in [1.29, 1.82) is 0 Å². The highest BCUT2D eigenvalue weighted by atomic mass is 32.2. The first kappa shape index (κ1) is 13.9. The van der Waals surface area contributed by atoms with Gasteiger partial charge in [-0.3, -0.25) is 0 Å². The first-order chi connectivity index (χ1) is 7.56. The summed E-state index contributed by atoms with van der Waals surface area (Å²) in [5, 5.41) is -0.292. The average molecular weight is 250 g/mol. The van der Waals surface area contributed by atoms with Crippen LogP contribution in [-0.2, 0) is 14.8 Å². The third-order valence-corrected chi connectivity index (χ3v) is 4.91. The second-order valence-electron chi connectivity index (χ2n) is 4.21. The number of nitrogens with two attached hydrogens (primary N) is 1. The molecule has 1 rings (SSSR count). The lowest BCUT2D eigenvalue weighted by Crippen LogP contribution is -2.39. The highest BCUT2D eigenvalue weighted by Crippen LogP contribution is 2.14. The first-order valence-corrected chi connectivity index (χ1v) is 7.42. The van der Waals surface area contributed by atoms with Crippen LogP contribution in [0.2, 0.25) is 0 Å². The Hall–Kier alpha value is -0.170. The van der Waals surface area contributed by atoms with E-state index in [0.717, 1.165) is 6.42 Å². The fourth-order valence-electron chi connectivity index (χ4n) is 1.69. The van der Waals surface area contributed by atoms with Crippen molar-refractivity contribution in [1.82, 2.24) is 4.72 Å². The molecule has 0 amide bonds. The fourth-order valence-corrected chi connectivity index (χ4v) is 3.15. The zero-order chi connectivity index (χ0) is 12.0. The van der Waals surface area contributed by atoms with Gasteiger partial charge in [0.05, 0.1) is 5.25 Å². The Labute approximate surface area is 97.8 Å². The van der Waals surface area contributed by atoms with Gasteiger partial charge in [-0.15, -0.1) is 0 Å². The molecule has 1 unspecified atom stereocenters. The van der Waals surface area contributed by atoms with E-state index in [1.54, 1.807) is 0 Å². The molecule has 0 bridgehead atoms. The van der Waals surface area contributed by atoms with Crippen LogP contribution < -0.4 is 10.5 Å². The van der Waals surface area contributed by atoms with Crippen molar-refractivity contribution in [2.75, 3.05) is 19.8 Å². The molecule has 96 valence electrons. The zero-order valence-corrected chi connectivity index (χ0v) is 10.6. The van der Waals surface area contributed by atoms with Crippen LogP contribution in [0.25, 0.3) is 0 Å². The summed E-state index contributed by atoms with van der Waals surface area (Å²) in [6.07, 6.45) is 2.75. The van der Waals surface area contributed by atoms with E-state index in [1.165, 1.54) is 0 Å². The van der Waals surface area contributed by atoms with Crippen molar-refractivity contribution >= 4 is 10.0 Å². The maximum Gasteiger partial charge on any atom is 0.214 e. The number of rotatable bonds is 6. The van der Waals surface area contributed by atoms with Gasteiger partial charge in [-0.25, -0.2) is 13.1 Å². The highest BCUT2D eigenvalue weighted by Gasteiger charge is 2.26. The molecule has 1 heterocycles. The van der Waals surface area contributed by atoms with Gasteiger partial charge in [0, 0.05) is 25.8 Å². The molecule has 16 heavy (non-hydrogen) atoms. The van der Waals surface area contributed by atoms with Gasteiger partial charge >= 0.3 is 0 Å². The molecule has 1 aliphatic rings. The molecular formula is C10H22N2O3S. The molecule has 3 N–H and O–H groups in total. The minimum atomic E-state index is -3.17. The van der Waals surface area contributed by atoms with Crippen LogP contribution in [0.15, 0.2) is 0 Å². The van der Waals surface area contributed by atoms with Crippen LogP contribution in [0.4, 0.5) is 0 Å². The number of nitrogens with one attached hydrogen (secondary N) is 1. The lowest BCUT2D eigenvalue weighted by molar-refractivity contribution is 0.0981. The number of hydrogen-bond donors (Lipinski definition) is 2. The molecule has 0 saturated carbocycles. The van der Waals surface area contributed by atoms with Gasteiger partial charge in [0.25, 0.3) is 0 Å². The Kier molecular flexibility index (Phi) is 5.68. The van der Waals surface area contributed by atoms with Gasteiger partial charge < -0.3 is 10.5 Å². The largest absolute Gasteiger partial charge is 0.381 e. The van der Waals surface area contributed by atoms with Crippen molar-refractivity contribution in [3.8, 4) is 0 Å². The molecule has 5 nitrogen and oxygen atoms in total. The summed E-state index contributed by atoms with van der Waals surface area (Å²) in [7, 11) is -3.17. The summed E-state index contributed by atoms with van der Waals surface area (Å²) >= 11 is 0. The van der Waals surface area contributed by atoms with Crippen LogP contribution in [0.3, 0.4) is 0 Å². The predicted molar refractivity (Wildman–Crippen MR) is 63.6 cm³/mol. The molecule has 0 aromatic rings. The van der Waals surface area contributed by atoms with Gasteiger partial charge in [-0.05, 0) is 25.7 Å². The van der Waals surface area contributed by atoms with Gasteiger partial charge in [0.2, 0.25) is 10.0 Å². The van der Waals surface area contributed by atoms with Crippen LogP contribution in [0, 0.1) is 0 Å². The summed E-state index contributed by atoms with van der Waals surface area (Å²) < 4.78 is 31.5. The number of hydrogen-bond acceptors (Lipinski definition) is 4. The maximum absolute atomic E-state index is 11.8. The summed E-state index contributed by atoms with van der Waals surface area (Å²) in [4.78, 5) is 0. The molecule has 0 aliphatic carbocycles. The monoisotopic (exact) mass is 250 g/mol. The number of sulfonamides is 1. The van der Waals surface area contributed by atoms with E-state index in [2.05, 4.69) is 4.72 Å². The molecule has 0 radical (unpaired) electrons. The van der Waals surface area contributed by atoms with Crippen molar-refractivity contribution in [3.05, 3.63) is 0 Å². The van der Waals surface area contributed by atoms with Crippen molar-refractivity contribution in [2.45, 2.75) is 43.9 Å². The van der Waals surface area contributed by atoms with Crippen LogP contribution in [0.1, 0.15) is 32.6 Å².